The van der Waals surface area contributed by atoms with Crippen LogP contribution in [0.25, 0.3) is 0 Å². The Morgan fingerprint density at radius 2 is 2.20 bits per heavy atom. The fraction of sp³-hybridized carbons (Fsp3) is 0.154. The summed E-state index contributed by atoms with van der Waals surface area (Å²) in [4.78, 5) is 11.2. The molecule has 1 aromatic rings. The van der Waals surface area contributed by atoms with Gasteiger partial charge in [-0.05, 0) is 29.9 Å². The first kappa shape index (κ1) is 9.34. The molecule has 0 saturated carbocycles. The van der Waals surface area contributed by atoms with Crippen LogP contribution in [-0.4, -0.2) is 11.0 Å². The highest BCUT2D eigenvalue weighted by atomic mass is 32.1. The van der Waals surface area contributed by atoms with Crippen LogP contribution >= 0.6 is 12.2 Å². The third-order valence-electron chi connectivity index (χ3n) is 2.46. The van der Waals surface area contributed by atoms with Crippen LogP contribution in [0.15, 0.2) is 35.6 Å². The van der Waals surface area contributed by atoms with Crippen molar-refractivity contribution in [3.05, 3.63) is 41.1 Å². The van der Waals surface area contributed by atoms with Crippen LogP contribution in [-0.2, 0) is 4.79 Å². The monoisotopic (exact) mass is 291 g/mol. The van der Waals surface area contributed by atoms with Crippen LogP contribution in [0.5, 0.6) is 0 Å². The highest BCUT2D eigenvalue weighted by Gasteiger charge is 2.25. The van der Waals surface area contributed by atoms with Crippen molar-refractivity contribution in [1.29, 1.82) is 5.26 Å². The molecule has 0 aromatic heterocycles. The number of nitrogens with zero attached hydrogens (tertiary/aromatic N) is 1. The van der Waals surface area contributed by atoms with E-state index in [1.54, 1.807) is 0 Å². The summed E-state index contributed by atoms with van der Waals surface area (Å²) in [5, 5.41) is 17.0. The van der Waals surface area contributed by atoms with Crippen molar-refractivity contribution in [1.82, 2.24) is 10.6 Å². The molecule has 20 heavy (non-hydrogen) atoms. The van der Waals surface area contributed by atoms with Gasteiger partial charge in [-0.15, -0.1) is 0 Å². The van der Waals surface area contributed by atoms with Gasteiger partial charge in [0.25, 0.3) is 0 Å². The summed E-state index contributed by atoms with van der Waals surface area (Å²) in [5.41, 5.74) is 5.41. The van der Waals surface area contributed by atoms with Gasteiger partial charge in [-0.25, -0.2) is 0 Å². The van der Waals surface area contributed by atoms with Gasteiger partial charge in [-0.1, -0.05) is 12.1 Å². The summed E-state index contributed by atoms with van der Waals surface area (Å²) >= 11 is 4.98. The first-order valence-corrected chi connectivity index (χ1v) is 5.94. The van der Waals surface area contributed by atoms with Crippen molar-refractivity contribution in [2.24, 2.45) is 5.73 Å². The molecule has 1 atom stereocenters. The number of benzene rings is 1. The lowest BCUT2D eigenvalue weighted by atomic mass is 9.98. The number of thiocarbonyl (C=S) groups is 1. The van der Waals surface area contributed by atoms with Crippen molar-refractivity contribution in [3.63, 3.8) is 0 Å². The Bertz CT molecular complexity index is 804. The van der Waals surface area contributed by atoms with E-state index in [-0.39, 0.29) is 27.8 Å². The zero-order chi connectivity index (χ0) is 18.2. The van der Waals surface area contributed by atoms with Gasteiger partial charge < -0.3 is 21.7 Å². The average Bonchev–Trinajstić information content (AvgIpc) is 2.49. The van der Waals surface area contributed by atoms with Gasteiger partial charge in [-0.2, -0.15) is 5.26 Å². The minimum atomic E-state index is -1.02. The topological polar surface area (TPSA) is 103 Å². The molecule has 6 nitrogen and oxygen atoms in total. The van der Waals surface area contributed by atoms with E-state index in [1.807, 2.05) is 6.07 Å². The molecule has 0 fully saturated rings. The number of amides is 1. The molecule has 0 spiro atoms. The number of rotatable bonds is 2. The van der Waals surface area contributed by atoms with E-state index >= 15 is 0 Å². The lowest BCUT2D eigenvalue weighted by molar-refractivity contribution is -0.114. The van der Waals surface area contributed by atoms with Gasteiger partial charge in [0.05, 0.1) is 17.1 Å². The van der Waals surface area contributed by atoms with E-state index in [1.165, 1.54) is 6.92 Å². The third-order valence-corrected chi connectivity index (χ3v) is 2.68. The fourth-order valence-electron chi connectivity index (χ4n) is 1.63. The van der Waals surface area contributed by atoms with Crippen LogP contribution in [0.3, 0.4) is 0 Å². The van der Waals surface area contributed by atoms with E-state index in [0.717, 1.165) is 0 Å². The zero-order valence-corrected chi connectivity index (χ0v) is 11.2. The maximum Gasteiger partial charge on any atom is 0.221 e. The standard InChI is InChI=1S/C13H13N5OS/c1-7(19)16-9-4-2-8(3-5-9)11-10(6-14)12(15)18-13(20)17-11/h2-5,11H,15H2,1H3,(H,16,19)(H2,17,18,20)/i2D,3D,4D,5D. The minimum absolute atomic E-state index is 0.00308. The molecular weight excluding hydrogens is 274 g/mol. The number of carbonyl (C=O) groups excluding carboxylic acids is 1. The van der Waals surface area contributed by atoms with E-state index < -0.39 is 36.1 Å². The summed E-state index contributed by atoms with van der Waals surface area (Å²) in [6.07, 6.45) is 0. The molecule has 5 N–H and O–H groups in total. The number of nitrogens with one attached hydrogen (secondary N) is 3. The summed E-state index contributed by atoms with van der Waals surface area (Å²) < 4.78 is 32.3. The number of hydrogen-bond acceptors (Lipinski definition) is 4. The molecule has 1 aliphatic heterocycles. The Hall–Kier alpha value is -2.59. The van der Waals surface area contributed by atoms with Gasteiger partial charge in [0.1, 0.15) is 11.9 Å². The van der Waals surface area contributed by atoms with Crippen molar-refractivity contribution >= 4 is 28.9 Å². The van der Waals surface area contributed by atoms with Crippen LogP contribution in [0, 0.1) is 11.3 Å². The maximum absolute atomic E-state index is 11.2. The molecule has 1 aromatic carbocycles. The van der Waals surface area contributed by atoms with Crippen LogP contribution < -0.4 is 21.7 Å². The van der Waals surface area contributed by atoms with E-state index in [4.69, 9.17) is 23.4 Å². The summed E-state index contributed by atoms with van der Waals surface area (Å²) in [5.74, 6) is -0.541. The second-order valence-electron chi connectivity index (χ2n) is 3.94. The largest absolute Gasteiger partial charge is 0.384 e. The molecule has 1 heterocycles. The second kappa shape index (κ2) is 5.59. The third kappa shape index (κ3) is 2.87. The Kier molecular flexibility index (Phi) is 2.61. The van der Waals surface area contributed by atoms with Crippen molar-refractivity contribution in [3.8, 4) is 6.07 Å². The minimum Gasteiger partial charge on any atom is -0.384 e. The van der Waals surface area contributed by atoms with Gasteiger partial charge in [0, 0.05) is 12.6 Å². The quantitative estimate of drug-likeness (QED) is 0.603. The Labute approximate surface area is 127 Å². The average molecular weight is 291 g/mol. The van der Waals surface area contributed by atoms with Crippen LogP contribution in [0.4, 0.5) is 5.69 Å². The molecule has 1 unspecified atom stereocenters. The van der Waals surface area contributed by atoms with Crippen LogP contribution in [0.2, 0.25) is 0 Å². The Morgan fingerprint density at radius 1 is 1.55 bits per heavy atom. The molecule has 0 radical (unpaired) electrons. The zero-order valence-electron chi connectivity index (χ0n) is 14.4. The van der Waals surface area contributed by atoms with Crippen molar-refractivity contribution in [2.45, 2.75) is 13.0 Å². The molecule has 7 heteroatoms. The van der Waals surface area contributed by atoms with E-state index in [2.05, 4.69) is 16.0 Å². The molecule has 1 amide bonds. The second-order valence-corrected chi connectivity index (χ2v) is 4.35. The van der Waals surface area contributed by atoms with Gasteiger partial charge in [-0.3, -0.25) is 4.79 Å². The lowest BCUT2D eigenvalue weighted by Gasteiger charge is -2.27. The summed E-state index contributed by atoms with van der Waals surface area (Å²) in [7, 11) is 0. The summed E-state index contributed by atoms with van der Waals surface area (Å²) in [6, 6.07) is -0.806. The van der Waals surface area contributed by atoms with Gasteiger partial charge in [0.2, 0.25) is 5.91 Å². The number of nitriles is 1. The van der Waals surface area contributed by atoms with E-state index in [0.29, 0.717) is 0 Å². The Morgan fingerprint density at radius 3 is 2.75 bits per heavy atom. The molecular formula is C13H13N5OS. The van der Waals surface area contributed by atoms with Gasteiger partial charge >= 0.3 is 0 Å². The number of hydrogen-bond donors (Lipinski definition) is 4. The molecule has 0 saturated heterocycles. The van der Waals surface area contributed by atoms with Gasteiger partial charge in [0.15, 0.2) is 5.11 Å². The first-order valence-electron chi connectivity index (χ1n) is 7.54. The number of anilines is 1. The number of nitrogens with two attached hydrogens (primary N) is 1. The Balaban J connectivity index is 2.72. The van der Waals surface area contributed by atoms with Crippen LogP contribution in [0.1, 0.15) is 24.0 Å². The van der Waals surface area contributed by atoms with Crippen molar-refractivity contribution in [2.75, 3.05) is 5.32 Å². The smallest absolute Gasteiger partial charge is 0.221 e. The van der Waals surface area contributed by atoms with Crippen molar-refractivity contribution < 1.29 is 10.3 Å². The first-order chi connectivity index (χ1) is 11.2. The predicted molar refractivity (Wildman–Crippen MR) is 79.2 cm³/mol. The predicted octanol–water partition coefficient (Wildman–Crippen LogP) is 0.858. The lowest BCUT2D eigenvalue weighted by Crippen LogP contribution is -2.45. The highest BCUT2D eigenvalue weighted by molar-refractivity contribution is 7.80. The SMILES string of the molecule is [2H]c1c([2H])c(C2NC(=S)NC(N)=C2C#N)c([2H])c([2H])c1NC(C)=O. The molecule has 0 aliphatic carbocycles. The molecule has 0 bridgehead atoms. The molecule has 102 valence electrons. The fourth-order valence-corrected chi connectivity index (χ4v) is 1.86. The molecule has 2 rings (SSSR count). The number of carbonyl (C=O) groups is 1. The van der Waals surface area contributed by atoms with E-state index in [9.17, 15) is 10.1 Å². The molecule has 1 aliphatic rings. The highest BCUT2D eigenvalue weighted by Crippen LogP contribution is 2.25. The maximum atomic E-state index is 11.2. The summed E-state index contributed by atoms with van der Waals surface area (Å²) in [6.45, 7) is 1.20. The normalized spacial score (nSPS) is 20.6.